The zero-order chi connectivity index (χ0) is 16.8. The first-order valence-electron chi connectivity index (χ1n) is 7.12. The lowest BCUT2D eigenvalue weighted by Gasteiger charge is -2.13. The molecule has 3 nitrogen and oxygen atoms in total. The average molecular weight is 369 g/mol. The molecular weight excluding hydrogens is 351 g/mol. The molecule has 0 aliphatic carbocycles. The van der Waals surface area contributed by atoms with E-state index in [1.54, 1.807) is 12.1 Å². The molecule has 0 unspecified atom stereocenters. The number of rotatable bonds is 6. The third-order valence-corrected chi connectivity index (χ3v) is 4.87. The molecule has 1 amide bonds. The van der Waals surface area contributed by atoms with E-state index < -0.39 is 0 Å². The highest BCUT2D eigenvalue weighted by molar-refractivity contribution is 7.99. The van der Waals surface area contributed by atoms with Gasteiger partial charge in [-0.05, 0) is 44.4 Å². The van der Waals surface area contributed by atoms with Crippen LogP contribution >= 0.6 is 35.0 Å². The van der Waals surface area contributed by atoms with Gasteiger partial charge in [-0.15, -0.1) is 0 Å². The molecule has 0 saturated heterocycles. The van der Waals surface area contributed by atoms with E-state index in [9.17, 15) is 4.79 Å². The molecule has 0 aromatic heterocycles. The SMILES string of the molecule is CN(C)CCC(=O)Nc1ccccc1Sc1ccc(Cl)cc1Cl. The van der Waals surface area contributed by atoms with Gasteiger partial charge in [-0.25, -0.2) is 0 Å². The van der Waals surface area contributed by atoms with E-state index in [1.807, 2.05) is 49.3 Å². The molecule has 0 fully saturated rings. The van der Waals surface area contributed by atoms with Gasteiger partial charge in [-0.3, -0.25) is 4.79 Å². The van der Waals surface area contributed by atoms with Crippen LogP contribution < -0.4 is 5.32 Å². The first-order chi connectivity index (χ1) is 11.0. The summed E-state index contributed by atoms with van der Waals surface area (Å²) in [4.78, 5) is 15.9. The van der Waals surface area contributed by atoms with Gasteiger partial charge < -0.3 is 10.2 Å². The largest absolute Gasteiger partial charge is 0.325 e. The van der Waals surface area contributed by atoms with E-state index >= 15 is 0 Å². The molecule has 0 spiro atoms. The van der Waals surface area contributed by atoms with Crippen LogP contribution in [0.5, 0.6) is 0 Å². The summed E-state index contributed by atoms with van der Waals surface area (Å²) >= 11 is 13.6. The molecule has 122 valence electrons. The van der Waals surface area contributed by atoms with Crippen molar-refractivity contribution in [3.05, 3.63) is 52.5 Å². The minimum atomic E-state index is -0.00560. The first kappa shape index (κ1) is 18.1. The Kier molecular flexibility index (Phi) is 6.78. The van der Waals surface area contributed by atoms with Crippen LogP contribution in [0, 0.1) is 0 Å². The highest BCUT2D eigenvalue weighted by atomic mass is 35.5. The third-order valence-electron chi connectivity index (χ3n) is 3.06. The fourth-order valence-corrected chi connectivity index (χ4v) is 3.30. The van der Waals surface area contributed by atoms with Gasteiger partial charge in [-0.2, -0.15) is 0 Å². The molecule has 0 aliphatic heterocycles. The average Bonchev–Trinajstić information content (AvgIpc) is 2.50. The molecule has 0 bridgehead atoms. The van der Waals surface area contributed by atoms with Gasteiger partial charge in [0.2, 0.25) is 5.91 Å². The molecule has 0 radical (unpaired) electrons. The molecule has 0 atom stereocenters. The fraction of sp³-hybridized carbons (Fsp3) is 0.235. The summed E-state index contributed by atoms with van der Waals surface area (Å²) in [6.45, 7) is 0.712. The second-order valence-corrected chi connectivity index (χ2v) is 7.20. The van der Waals surface area contributed by atoms with Gasteiger partial charge >= 0.3 is 0 Å². The number of halogens is 2. The number of anilines is 1. The van der Waals surface area contributed by atoms with Crippen LogP contribution in [0.3, 0.4) is 0 Å². The number of hydrogen-bond donors (Lipinski definition) is 1. The van der Waals surface area contributed by atoms with Gasteiger partial charge in [0.05, 0.1) is 10.7 Å². The molecular formula is C17H18Cl2N2OS. The van der Waals surface area contributed by atoms with Crippen LogP contribution in [0.15, 0.2) is 52.3 Å². The minimum absolute atomic E-state index is 0.00560. The van der Waals surface area contributed by atoms with Crippen LogP contribution in [0.4, 0.5) is 5.69 Å². The van der Waals surface area contributed by atoms with Crippen molar-refractivity contribution >= 4 is 46.6 Å². The van der Waals surface area contributed by atoms with Crippen LogP contribution in [-0.4, -0.2) is 31.4 Å². The Morgan fingerprint density at radius 1 is 1.13 bits per heavy atom. The number of carbonyl (C=O) groups is 1. The van der Waals surface area contributed by atoms with E-state index in [4.69, 9.17) is 23.2 Å². The Labute approximate surface area is 151 Å². The normalized spacial score (nSPS) is 10.8. The highest BCUT2D eigenvalue weighted by Crippen LogP contribution is 2.38. The Bertz CT molecular complexity index is 692. The number of nitrogens with zero attached hydrogens (tertiary/aromatic N) is 1. The summed E-state index contributed by atoms with van der Waals surface area (Å²) < 4.78 is 0. The standard InChI is InChI=1S/C17H18Cl2N2OS/c1-21(2)10-9-17(22)20-14-5-3-4-6-16(14)23-15-8-7-12(18)11-13(15)19/h3-8,11H,9-10H2,1-2H3,(H,20,22). The smallest absolute Gasteiger partial charge is 0.225 e. The summed E-state index contributed by atoms with van der Waals surface area (Å²) in [7, 11) is 3.89. The van der Waals surface area contributed by atoms with E-state index in [1.165, 1.54) is 11.8 Å². The van der Waals surface area contributed by atoms with E-state index in [2.05, 4.69) is 5.32 Å². The molecule has 6 heteroatoms. The van der Waals surface area contributed by atoms with Crippen molar-refractivity contribution in [3.63, 3.8) is 0 Å². The lowest BCUT2D eigenvalue weighted by atomic mass is 10.3. The number of hydrogen-bond acceptors (Lipinski definition) is 3. The zero-order valence-electron chi connectivity index (χ0n) is 13.0. The van der Waals surface area contributed by atoms with Gasteiger partial charge in [0.1, 0.15) is 0 Å². The maximum Gasteiger partial charge on any atom is 0.225 e. The van der Waals surface area contributed by atoms with Gasteiger partial charge in [0.25, 0.3) is 0 Å². The summed E-state index contributed by atoms with van der Waals surface area (Å²) in [6, 6.07) is 13.1. The van der Waals surface area contributed by atoms with Crippen molar-refractivity contribution in [2.75, 3.05) is 26.0 Å². The summed E-state index contributed by atoms with van der Waals surface area (Å²) in [6.07, 6.45) is 0.452. The van der Waals surface area contributed by atoms with Crippen molar-refractivity contribution in [1.29, 1.82) is 0 Å². The Morgan fingerprint density at radius 3 is 2.57 bits per heavy atom. The lowest BCUT2D eigenvalue weighted by molar-refractivity contribution is -0.116. The molecule has 2 aromatic carbocycles. The van der Waals surface area contributed by atoms with Crippen LogP contribution in [0.2, 0.25) is 10.0 Å². The Hall–Kier alpha value is -1.20. The van der Waals surface area contributed by atoms with E-state index in [0.717, 1.165) is 15.5 Å². The van der Waals surface area contributed by atoms with Gasteiger partial charge in [0.15, 0.2) is 0 Å². The second kappa shape index (κ2) is 8.60. The quantitative estimate of drug-likeness (QED) is 0.775. The second-order valence-electron chi connectivity index (χ2n) is 5.27. The number of para-hydroxylation sites is 1. The van der Waals surface area contributed by atoms with Crippen molar-refractivity contribution in [2.45, 2.75) is 16.2 Å². The third kappa shape index (κ3) is 5.74. The number of benzene rings is 2. The van der Waals surface area contributed by atoms with Crippen molar-refractivity contribution < 1.29 is 4.79 Å². The van der Waals surface area contributed by atoms with Crippen molar-refractivity contribution in [3.8, 4) is 0 Å². The van der Waals surface area contributed by atoms with E-state index in [0.29, 0.717) is 23.0 Å². The van der Waals surface area contributed by atoms with E-state index in [-0.39, 0.29) is 5.91 Å². The first-order valence-corrected chi connectivity index (χ1v) is 8.69. The zero-order valence-corrected chi connectivity index (χ0v) is 15.3. The van der Waals surface area contributed by atoms with Gasteiger partial charge in [0, 0.05) is 27.8 Å². The number of carbonyl (C=O) groups excluding carboxylic acids is 1. The van der Waals surface area contributed by atoms with Crippen molar-refractivity contribution in [2.24, 2.45) is 0 Å². The lowest BCUT2D eigenvalue weighted by Crippen LogP contribution is -2.21. The Morgan fingerprint density at radius 2 is 1.87 bits per heavy atom. The molecule has 0 heterocycles. The number of amides is 1. The molecule has 1 N–H and O–H groups in total. The Balaban J connectivity index is 2.12. The summed E-state index contributed by atoms with van der Waals surface area (Å²) in [5.74, 6) is -0.00560. The highest BCUT2D eigenvalue weighted by Gasteiger charge is 2.10. The predicted molar refractivity (Wildman–Crippen MR) is 98.8 cm³/mol. The molecule has 2 rings (SSSR count). The van der Waals surface area contributed by atoms with Crippen LogP contribution in [0.25, 0.3) is 0 Å². The molecule has 0 saturated carbocycles. The minimum Gasteiger partial charge on any atom is -0.325 e. The predicted octanol–water partition coefficient (Wildman–Crippen LogP) is 5.03. The summed E-state index contributed by atoms with van der Waals surface area (Å²) in [5, 5.41) is 4.16. The fourth-order valence-electron chi connectivity index (χ4n) is 1.87. The molecule has 23 heavy (non-hydrogen) atoms. The maximum atomic E-state index is 12.0. The molecule has 2 aromatic rings. The number of nitrogens with one attached hydrogen (secondary N) is 1. The van der Waals surface area contributed by atoms with Gasteiger partial charge in [-0.1, -0.05) is 47.1 Å². The monoisotopic (exact) mass is 368 g/mol. The maximum absolute atomic E-state index is 12.0. The van der Waals surface area contributed by atoms with Crippen molar-refractivity contribution in [1.82, 2.24) is 4.90 Å². The molecule has 0 aliphatic rings. The van der Waals surface area contributed by atoms with Crippen LogP contribution in [-0.2, 0) is 4.79 Å². The summed E-state index contributed by atoms with van der Waals surface area (Å²) in [5.41, 5.74) is 0.785. The van der Waals surface area contributed by atoms with Crippen LogP contribution in [0.1, 0.15) is 6.42 Å². The topological polar surface area (TPSA) is 32.3 Å².